The normalized spacial score (nSPS) is 24.0. The van der Waals surface area contributed by atoms with E-state index in [2.05, 4.69) is 10.6 Å². The molecule has 6 heteroatoms. The molecule has 2 heterocycles. The van der Waals surface area contributed by atoms with Gasteiger partial charge in [0.25, 0.3) is 5.91 Å². The largest absolute Gasteiger partial charge is 0.481 e. The fourth-order valence-corrected chi connectivity index (χ4v) is 2.64. The number of carboxylic acid groups (broad SMARTS) is 1. The van der Waals surface area contributed by atoms with Crippen LogP contribution in [-0.2, 0) is 16.0 Å². The molecule has 1 aromatic rings. The van der Waals surface area contributed by atoms with Crippen molar-refractivity contribution < 1.29 is 19.4 Å². The Balaban J connectivity index is 1.71. The number of anilines is 1. The van der Waals surface area contributed by atoms with E-state index in [9.17, 15) is 9.59 Å². The number of ether oxygens (including phenoxy) is 1. The van der Waals surface area contributed by atoms with Gasteiger partial charge in [0, 0.05) is 17.8 Å². The number of amides is 1. The molecule has 0 saturated carbocycles. The van der Waals surface area contributed by atoms with Crippen molar-refractivity contribution in [1.29, 1.82) is 0 Å². The summed E-state index contributed by atoms with van der Waals surface area (Å²) in [5.41, 5.74) is 2.74. The molecule has 6 nitrogen and oxygen atoms in total. The summed E-state index contributed by atoms with van der Waals surface area (Å²) in [4.78, 5) is 23.2. The van der Waals surface area contributed by atoms with Crippen molar-refractivity contribution in [1.82, 2.24) is 5.32 Å². The Morgan fingerprint density at radius 3 is 3.00 bits per heavy atom. The van der Waals surface area contributed by atoms with Crippen molar-refractivity contribution in [3.05, 3.63) is 29.3 Å². The van der Waals surface area contributed by atoms with Crippen LogP contribution in [0, 0.1) is 5.92 Å². The fourth-order valence-electron chi connectivity index (χ4n) is 2.64. The third-order valence-electron chi connectivity index (χ3n) is 3.79. The zero-order valence-corrected chi connectivity index (χ0v) is 10.9. The van der Waals surface area contributed by atoms with Crippen molar-refractivity contribution in [2.24, 2.45) is 5.92 Å². The van der Waals surface area contributed by atoms with Crippen LogP contribution in [0.4, 0.5) is 5.69 Å². The second kappa shape index (κ2) is 5.13. The first-order valence-electron chi connectivity index (χ1n) is 6.63. The molecule has 2 aliphatic rings. The van der Waals surface area contributed by atoms with E-state index in [0.717, 1.165) is 24.2 Å². The zero-order valence-electron chi connectivity index (χ0n) is 10.9. The predicted molar refractivity (Wildman–Crippen MR) is 71.8 cm³/mol. The number of benzene rings is 1. The molecule has 3 N–H and O–H groups in total. The molecule has 0 spiro atoms. The Morgan fingerprint density at radius 1 is 1.35 bits per heavy atom. The van der Waals surface area contributed by atoms with Gasteiger partial charge in [-0.15, -0.1) is 0 Å². The van der Waals surface area contributed by atoms with Crippen molar-refractivity contribution in [2.45, 2.75) is 12.5 Å². The van der Waals surface area contributed by atoms with Gasteiger partial charge < -0.3 is 20.5 Å². The Bertz CT molecular complexity index is 558. The summed E-state index contributed by atoms with van der Waals surface area (Å²) >= 11 is 0. The molecular weight excluding hydrogens is 260 g/mol. The second-order valence-electron chi connectivity index (χ2n) is 5.11. The van der Waals surface area contributed by atoms with E-state index in [1.807, 2.05) is 12.1 Å². The third-order valence-corrected chi connectivity index (χ3v) is 3.79. The molecule has 1 aromatic carbocycles. The lowest BCUT2D eigenvalue weighted by molar-refractivity contribution is -0.142. The minimum atomic E-state index is -0.939. The Kier molecular flexibility index (Phi) is 3.31. The van der Waals surface area contributed by atoms with E-state index < -0.39 is 17.9 Å². The van der Waals surface area contributed by atoms with Crippen LogP contribution >= 0.6 is 0 Å². The molecule has 20 heavy (non-hydrogen) atoms. The summed E-state index contributed by atoms with van der Waals surface area (Å²) in [6.45, 7) is 1.28. The number of rotatable bonds is 3. The lowest BCUT2D eigenvalue weighted by atomic mass is 10.0. The quantitative estimate of drug-likeness (QED) is 0.747. The van der Waals surface area contributed by atoms with Crippen molar-refractivity contribution >= 4 is 17.6 Å². The molecule has 2 aliphatic heterocycles. The van der Waals surface area contributed by atoms with Crippen LogP contribution in [0.5, 0.6) is 0 Å². The second-order valence-corrected chi connectivity index (χ2v) is 5.11. The van der Waals surface area contributed by atoms with Gasteiger partial charge in [-0.25, -0.2) is 0 Å². The van der Waals surface area contributed by atoms with Gasteiger partial charge in [-0.1, -0.05) is 0 Å². The lowest BCUT2D eigenvalue weighted by Gasteiger charge is -2.16. The van der Waals surface area contributed by atoms with Gasteiger partial charge in [0.2, 0.25) is 0 Å². The first kappa shape index (κ1) is 12.9. The highest BCUT2D eigenvalue weighted by Gasteiger charge is 2.35. The molecule has 2 unspecified atom stereocenters. The molecule has 1 fully saturated rings. The minimum Gasteiger partial charge on any atom is -0.481 e. The number of carboxylic acids is 1. The van der Waals surface area contributed by atoms with Gasteiger partial charge in [0.1, 0.15) is 5.92 Å². The smallest absolute Gasteiger partial charge is 0.311 e. The van der Waals surface area contributed by atoms with E-state index in [1.165, 1.54) is 0 Å². The summed E-state index contributed by atoms with van der Waals surface area (Å²) in [6.07, 6.45) is 0.904. The average molecular weight is 276 g/mol. The van der Waals surface area contributed by atoms with Gasteiger partial charge in [-0.2, -0.15) is 0 Å². The maximum absolute atomic E-state index is 12.2. The highest BCUT2D eigenvalue weighted by atomic mass is 16.5. The van der Waals surface area contributed by atoms with Crippen molar-refractivity contribution in [3.8, 4) is 0 Å². The van der Waals surface area contributed by atoms with E-state index in [-0.39, 0.29) is 19.1 Å². The third kappa shape index (κ3) is 2.34. The molecule has 0 radical (unpaired) electrons. The molecule has 3 rings (SSSR count). The first-order valence-corrected chi connectivity index (χ1v) is 6.63. The van der Waals surface area contributed by atoms with Crippen LogP contribution in [0.2, 0.25) is 0 Å². The van der Waals surface area contributed by atoms with E-state index in [1.54, 1.807) is 6.07 Å². The molecule has 0 bridgehead atoms. The van der Waals surface area contributed by atoms with E-state index in [4.69, 9.17) is 9.84 Å². The number of nitrogens with one attached hydrogen (secondary N) is 2. The average Bonchev–Trinajstić information content (AvgIpc) is 3.05. The number of carbonyl (C=O) groups is 2. The summed E-state index contributed by atoms with van der Waals surface area (Å²) < 4.78 is 5.14. The fraction of sp³-hybridized carbons (Fsp3) is 0.429. The van der Waals surface area contributed by atoms with Gasteiger partial charge in [-0.3, -0.25) is 9.59 Å². The number of fused-ring (bicyclic) bond motifs is 1. The van der Waals surface area contributed by atoms with Gasteiger partial charge in [0.15, 0.2) is 0 Å². The van der Waals surface area contributed by atoms with Gasteiger partial charge in [-0.05, 0) is 30.2 Å². The molecule has 106 valence electrons. The minimum absolute atomic E-state index is 0.147. The molecule has 1 amide bonds. The molecule has 1 saturated heterocycles. The standard InChI is InChI=1S/C14H16N2O4/c17-13(16-12-7-20-6-10(12)14(18)19)9-1-2-11-8(5-9)3-4-15-11/h1-2,5,10,12,15H,3-4,6-7H2,(H,16,17)(H,18,19). The van der Waals surface area contributed by atoms with E-state index >= 15 is 0 Å². The Morgan fingerprint density at radius 2 is 2.20 bits per heavy atom. The van der Waals surface area contributed by atoms with Crippen molar-refractivity contribution in [3.63, 3.8) is 0 Å². The number of carbonyl (C=O) groups excluding carboxylic acids is 1. The van der Waals surface area contributed by atoms with Crippen molar-refractivity contribution in [2.75, 3.05) is 25.1 Å². The van der Waals surface area contributed by atoms with Crippen LogP contribution in [0.25, 0.3) is 0 Å². The van der Waals surface area contributed by atoms with Crippen LogP contribution in [0.15, 0.2) is 18.2 Å². The van der Waals surface area contributed by atoms with Crippen LogP contribution in [0.1, 0.15) is 15.9 Å². The maximum Gasteiger partial charge on any atom is 0.311 e. The summed E-state index contributed by atoms with van der Waals surface area (Å²) in [7, 11) is 0. The lowest BCUT2D eigenvalue weighted by Crippen LogP contribution is -2.42. The summed E-state index contributed by atoms with van der Waals surface area (Å²) in [5.74, 6) is -1.86. The zero-order chi connectivity index (χ0) is 14.1. The molecule has 0 aliphatic carbocycles. The molecule has 0 aromatic heterocycles. The van der Waals surface area contributed by atoms with E-state index in [0.29, 0.717) is 5.56 Å². The van der Waals surface area contributed by atoms with Gasteiger partial charge in [0.05, 0.1) is 19.3 Å². The van der Waals surface area contributed by atoms with Gasteiger partial charge >= 0.3 is 5.97 Å². The highest BCUT2D eigenvalue weighted by Crippen LogP contribution is 2.23. The number of hydrogen-bond acceptors (Lipinski definition) is 4. The Hall–Kier alpha value is -2.08. The summed E-state index contributed by atoms with van der Waals surface area (Å²) in [6, 6.07) is 5.03. The number of aliphatic carboxylic acids is 1. The summed E-state index contributed by atoms with van der Waals surface area (Å²) in [5, 5.41) is 15.0. The highest BCUT2D eigenvalue weighted by molar-refractivity contribution is 5.95. The van der Waals surface area contributed by atoms with Crippen LogP contribution in [-0.4, -0.2) is 42.8 Å². The topological polar surface area (TPSA) is 87.7 Å². The molecule has 2 atom stereocenters. The monoisotopic (exact) mass is 276 g/mol. The molecular formula is C14H16N2O4. The SMILES string of the molecule is O=C(NC1COCC1C(=O)O)c1ccc2c(c1)CCN2. The Labute approximate surface area is 116 Å². The predicted octanol–water partition coefficient (Wildman–Crippen LogP) is 0.484. The number of hydrogen-bond donors (Lipinski definition) is 3. The maximum atomic E-state index is 12.2. The van der Waals surface area contributed by atoms with Crippen LogP contribution in [0.3, 0.4) is 0 Å². The first-order chi connectivity index (χ1) is 9.65. The van der Waals surface area contributed by atoms with Crippen LogP contribution < -0.4 is 10.6 Å².